The number of carboxylic acid groups (broad SMARTS) is 1. The summed E-state index contributed by atoms with van der Waals surface area (Å²) in [7, 11) is 0. The zero-order valence-corrected chi connectivity index (χ0v) is 12.5. The topological polar surface area (TPSA) is 57.5 Å². The van der Waals surface area contributed by atoms with Crippen LogP contribution in [0.2, 0.25) is 0 Å². The fraction of sp³-hybridized carbons (Fsp3) is 0.154. The Labute approximate surface area is 122 Å². The highest BCUT2D eigenvalue weighted by molar-refractivity contribution is 14.1. The summed E-state index contributed by atoms with van der Waals surface area (Å²) in [5.74, 6) is -1.02. The van der Waals surface area contributed by atoms with Crippen LogP contribution < -0.4 is 0 Å². The summed E-state index contributed by atoms with van der Waals surface area (Å²) in [5.41, 5.74) is -0.442. The van der Waals surface area contributed by atoms with Crippen molar-refractivity contribution >= 4 is 39.9 Å². The number of benzene rings is 1. The molecule has 0 aliphatic carbocycles. The fourth-order valence-electron chi connectivity index (χ4n) is 1.76. The van der Waals surface area contributed by atoms with Gasteiger partial charge in [-0.3, -0.25) is 0 Å². The third-order valence-corrected chi connectivity index (χ3v) is 4.59. The highest BCUT2D eigenvalue weighted by atomic mass is 127. The third-order valence-electron chi connectivity index (χ3n) is 2.74. The van der Waals surface area contributed by atoms with Crippen LogP contribution in [0.5, 0.6) is 0 Å². The molecule has 0 saturated carbocycles. The molecule has 1 aromatic carbocycles. The summed E-state index contributed by atoms with van der Waals surface area (Å²) in [6, 6.07) is 8.92. The average molecular weight is 374 g/mol. The quantitative estimate of drug-likeness (QED) is 0.811. The molecule has 1 aromatic heterocycles. The van der Waals surface area contributed by atoms with Crippen LogP contribution in [0, 0.1) is 3.57 Å². The van der Waals surface area contributed by atoms with Crippen molar-refractivity contribution in [2.24, 2.45) is 0 Å². The van der Waals surface area contributed by atoms with Crippen LogP contribution in [0.4, 0.5) is 0 Å². The second-order valence-electron chi connectivity index (χ2n) is 4.05. The van der Waals surface area contributed by atoms with Crippen molar-refractivity contribution in [1.29, 1.82) is 0 Å². The van der Waals surface area contributed by atoms with E-state index < -0.39 is 11.6 Å². The Bertz CT molecular complexity index is 572. The van der Waals surface area contributed by atoms with E-state index in [0.717, 1.165) is 3.57 Å². The van der Waals surface area contributed by atoms with E-state index in [-0.39, 0.29) is 5.56 Å². The molecular weight excluding hydrogens is 363 g/mol. The molecule has 0 fully saturated rings. The number of thiophene rings is 1. The highest BCUT2D eigenvalue weighted by Gasteiger charge is 2.31. The molecule has 5 heteroatoms. The van der Waals surface area contributed by atoms with Gasteiger partial charge in [0.2, 0.25) is 0 Å². The van der Waals surface area contributed by atoms with Crippen LogP contribution in [0.1, 0.15) is 27.7 Å². The molecule has 2 aromatic rings. The van der Waals surface area contributed by atoms with Gasteiger partial charge in [-0.2, -0.15) is 0 Å². The molecule has 0 aliphatic rings. The average Bonchev–Trinajstić information content (AvgIpc) is 2.79. The lowest BCUT2D eigenvalue weighted by Gasteiger charge is -2.23. The summed E-state index contributed by atoms with van der Waals surface area (Å²) in [4.78, 5) is 11.6. The van der Waals surface area contributed by atoms with Gasteiger partial charge in [0.25, 0.3) is 0 Å². The van der Waals surface area contributed by atoms with Gasteiger partial charge in [-0.05, 0) is 58.7 Å². The van der Waals surface area contributed by atoms with E-state index in [1.54, 1.807) is 12.3 Å². The molecule has 1 unspecified atom stereocenters. The summed E-state index contributed by atoms with van der Waals surface area (Å²) in [5, 5.41) is 21.4. The van der Waals surface area contributed by atoms with Gasteiger partial charge in [0, 0.05) is 3.57 Å². The van der Waals surface area contributed by atoms with E-state index in [0.29, 0.717) is 10.4 Å². The maximum Gasteiger partial charge on any atom is 0.336 e. The van der Waals surface area contributed by atoms with Gasteiger partial charge in [0.05, 0.1) is 10.4 Å². The Balaban J connectivity index is 2.50. The minimum atomic E-state index is -1.29. The number of carboxylic acids is 1. The Morgan fingerprint density at radius 3 is 2.44 bits per heavy atom. The first-order chi connectivity index (χ1) is 8.43. The zero-order chi connectivity index (χ0) is 13.3. The molecule has 0 saturated heterocycles. The normalized spacial score (nSPS) is 14.2. The number of aliphatic hydroxyl groups is 1. The van der Waals surface area contributed by atoms with Crippen molar-refractivity contribution in [3.8, 4) is 0 Å². The highest BCUT2D eigenvalue weighted by Crippen LogP contribution is 2.35. The molecule has 0 amide bonds. The van der Waals surface area contributed by atoms with Gasteiger partial charge in [-0.1, -0.05) is 12.1 Å². The Morgan fingerprint density at radius 2 is 1.89 bits per heavy atom. The standard InChI is InChI=1S/C13H11IO3S/c1-13(17,8-2-4-9(14)5-3-8)11-10(12(15)16)6-7-18-11/h2-7,17H,1H3,(H,15,16). The van der Waals surface area contributed by atoms with E-state index in [2.05, 4.69) is 22.6 Å². The maximum absolute atomic E-state index is 11.1. The summed E-state index contributed by atoms with van der Waals surface area (Å²) < 4.78 is 1.07. The molecule has 2 rings (SSSR count). The van der Waals surface area contributed by atoms with Gasteiger partial charge in [0.1, 0.15) is 5.60 Å². The zero-order valence-electron chi connectivity index (χ0n) is 9.55. The first-order valence-corrected chi connectivity index (χ1v) is 7.18. The SMILES string of the molecule is CC(O)(c1ccc(I)cc1)c1sccc1C(=O)O. The molecule has 1 heterocycles. The Hall–Kier alpha value is -0.920. The van der Waals surface area contributed by atoms with E-state index in [4.69, 9.17) is 5.11 Å². The fourth-order valence-corrected chi connectivity index (χ4v) is 3.09. The minimum absolute atomic E-state index is 0.156. The molecule has 0 aliphatic heterocycles. The van der Waals surface area contributed by atoms with Gasteiger partial charge in [0.15, 0.2) is 0 Å². The van der Waals surface area contributed by atoms with Crippen LogP contribution in [0.3, 0.4) is 0 Å². The molecule has 0 spiro atoms. The predicted octanol–water partition coefficient (Wildman–Crippen LogP) is 3.31. The number of hydrogen-bond donors (Lipinski definition) is 2. The van der Waals surface area contributed by atoms with Crippen LogP contribution in [-0.4, -0.2) is 16.2 Å². The van der Waals surface area contributed by atoms with Crippen molar-refractivity contribution in [3.63, 3.8) is 0 Å². The van der Waals surface area contributed by atoms with Gasteiger partial charge in [-0.25, -0.2) is 4.79 Å². The Kier molecular flexibility index (Phi) is 3.74. The Morgan fingerprint density at radius 1 is 1.28 bits per heavy atom. The summed E-state index contributed by atoms with van der Waals surface area (Å²) in [6.45, 7) is 1.62. The lowest BCUT2D eigenvalue weighted by molar-refractivity contribution is 0.0674. The maximum atomic E-state index is 11.1. The summed E-state index contributed by atoms with van der Waals surface area (Å²) in [6.07, 6.45) is 0. The summed E-state index contributed by atoms with van der Waals surface area (Å²) >= 11 is 3.43. The van der Waals surface area contributed by atoms with E-state index in [9.17, 15) is 9.90 Å². The predicted molar refractivity (Wildman–Crippen MR) is 79.1 cm³/mol. The third kappa shape index (κ3) is 2.43. The van der Waals surface area contributed by atoms with E-state index in [1.807, 2.05) is 24.3 Å². The second kappa shape index (κ2) is 4.99. The van der Waals surface area contributed by atoms with Crippen molar-refractivity contribution in [2.75, 3.05) is 0 Å². The van der Waals surface area contributed by atoms with Crippen LogP contribution in [-0.2, 0) is 5.60 Å². The van der Waals surface area contributed by atoms with Gasteiger partial charge < -0.3 is 10.2 Å². The number of halogens is 1. The molecule has 1 atom stereocenters. The lowest BCUT2D eigenvalue weighted by Crippen LogP contribution is -2.23. The second-order valence-corrected chi connectivity index (χ2v) is 6.21. The molecule has 2 N–H and O–H groups in total. The van der Waals surface area contributed by atoms with Crippen molar-refractivity contribution in [2.45, 2.75) is 12.5 Å². The first kappa shape index (κ1) is 13.5. The van der Waals surface area contributed by atoms with Crippen LogP contribution in [0.15, 0.2) is 35.7 Å². The molecule has 0 radical (unpaired) electrons. The molecule has 0 bridgehead atoms. The molecule has 18 heavy (non-hydrogen) atoms. The number of hydrogen-bond acceptors (Lipinski definition) is 3. The van der Waals surface area contributed by atoms with Crippen LogP contribution >= 0.6 is 33.9 Å². The van der Waals surface area contributed by atoms with Crippen molar-refractivity contribution in [3.05, 3.63) is 55.3 Å². The van der Waals surface area contributed by atoms with E-state index in [1.165, 1.54) is 17.4 Å². The molecule has 94 valence electrons. The lowest BCUT2D eigenvalue weighted by atomic mass is 9.92. The largest absolute Gasteiger partial charge is 0.478 e. The van der Waals surface area contributed by atoms with Gasteiger partial charge >= 0.3 is 5.97 Å². The number of aromatic carboxylic acids is 1. The molecular formula is C13H11IO3S. The smallest absolute Gasteiger partial charge is 0.336 e. The monoisotopic (exact) mass is 374 g/mol. The number of carbonyl (C=O) groups is 1. The van der Waals surface area contributed by atoms with Crippen molar-refractivity contribution in [1.82, 2.24) is 0 Å². The van der Waals surface area contributed by atoms with E-state index >= 15 is 0 Å². The molecule has 3 nitrogen and oxygen atoms in total. The minimum Gasteiger partial charge on any atom is -0.478 e. The van der Waals surface area contributed by atoms with Crippen LogP contribution in [0.25, 0.3) is 0 Å². The van der Waals surface area contributed by atoms with Crippen molar-refractivity contribution < 1.29 is 15.0 Å². The van der Waals surface area contributed by atoms with Gasteiger partial charge in [-0.15, -0.1) is 11.3 Å². The number of rotatable bonds is 3. The first-order valence-electron chi connectivity index (χ1n) is 5.22.